The van der Waals surface area contributed by atoms with Gasteiger partial charge in [0.25, 0.3) is 5.69 Å². The van der Waals surface area contributed by atoms with E-state index in [-0.39, 0.29) is 22.7 Å². The summed E-state index contributed by atoms with van der Waals surface area (Å²) in [4.78, 5) is 10.4. The van der Waals surface area contributed by atoms with Gasteiger partial charge in [-0.2, -0.15) is 4.31 Å². The first-order chi connectivity index (χ1) is 12.0. The quantitative estimate of drug-likeness (QED) is 0.624. The molecule has 2 saturated heterocycles. The molecule has 1 aromatic carbocycles. The van der Waals surface area contributed by atoms with E-state index in [1.54, 1.807) is 4.31 Å². The third-order valence-corrected chi connectivity index (χ3v) is 6.86. The maximum atomic E-state index is 13.3. The fourth-order valence-corrected chi connectivity index (χ4v) is 5.48. The molecule has 0 aliphatic carbocycles. The standard InChI is InChI=1S/C16H23N3O5S/c20-19(21)15-1-3-16(4-2-15)25(22,23)18(13-5-9-17-10-6-13)14-7-11-24-12-8-14/h1-4,13-14,17H,5-12H2. The topological polar surface area (TPSA) is 102 Å². The predicted octanol–water partition coefficient (Wildman–Crippen LogP) is 1.52. The Morgan fingerprint density at radius 2 is 1.60 bits per heavy atom. The van der Waals surface area contributed by atoms with Gasteiger partial charge in [-0.05, 0) is 50.9 Å². The van der Waals surface area contributed by atoms with Gasteiger partial charge in [-0.3, -0.25) is 10.1 Å². The molecular weight excluding hydrogens is 346 g/mol. The highest BCUT2D eigenvalue weighted by Gasteiger charge is 2.38. The lowest BCUT2D eigenvalue weighted by Crippen LogP contribution is -2.52. The van der Waals surface area contributed by atoms with Crippen LogP contribution in [0.1, 0.15) is 25.7 Å². The van der Waals surface area contributed by atoms with Crippen LogP contribution in [0.4, 0.5) is 5.69 Å². The average Bonchev–Trinajstić information content (AvgIpc) is 2.63. The number of benzene rings is 1. The number of non-ortho nitro benzene ring substituents is 1. The number of nitrogens with one attached hydrogen (secondary N) is 1. The van der Waals surface area contributed by atoms with Gasteiger partial charge in [0.1, 0.15) is 0 Å². The Morgan fingerprint density at radius 1 is 1.04 bits per heavy atom. The second-order valence-electron chi connectivity index (χ2n) is 6.41. The molecule has 9 heteroatoms. The summed E-state index contributed by atoms with van der Waals surface area (Å²) in [5.41, 5.74) is -0.113. The van der Waals surface area contributed by atoms with Crippen molar-refractivity contribution in [2.24, 2.45) is 0 Å². The molecule has 0 saturated carbocycles. The zero-order valence-electron chi connectivity index (χ0n) is 14.0. The van der Waals surface area contributed by atoms with Crippen molar-refractivity contribution in [2.45, 2.75) is 42.7 Å². The summed E-state index contributed by atoms with van der Waals surface area (Å²) in [6.45, 7) is 2.70. The van der Waals surface area contributed by atoms with Gasteiger partial charge >= 0.3 is 0 Å². The molecule has 0 unspecified atom stereocenters. The monoisotopic (exact) mass is 369 g/mol. The number of rotatable bonds is 5. The van der Waals surface area contributed by atoms with Gasteiger partial charge in [0.2, 0.25) is 10.0 Å². The lowest BCUT2D eigenvalue weighted by Gasteiger charge is -2.40. The Bertz CT molecular complexity index is 677. The van der Waals surface area contributed by atoms with Crippen LogP contribution in [0.3, 0.4) is 0 Å². The predicted molar refractivity (Wildman–Crippen MR) is 91.9 cm³/mol. The van der Waals surface area contributed by atoms with Crippen LogP contribution in [0.15, 0.2) is 29.2 Å². The highest BCUT2D eigenvalue weighted by molar-refractivity contribution is 7.89. The number of ether oxygens (including phenoxy) is 1. The van der Waals surface area contributed by atoms with Crippen molar-refractivity contribution in [1.29, 1.82) is 0 Å². The van der Waals surface area contributed by atoms with Crippen LogP contribution in [0.25, 0.3) is 0 Å². The van der Waals surface area contributed by atoms with Crippen molar-refractivity contribution in [2.75, 3.05) is 26.3 Å². The van der Waals surface area contributed by atoms with E-state index in [1.807, 2.05) is 0 Å². The molecule has 0 amide bonds. The molecule has 0 aromatic heterocycles. The summed E-state index contributed by atoms with van der Waals surface area (Å²) < 4.78 is 33.7. The van der Waals surface area contributed by atoms with E-state index >= 15 is 0 Å². The van der Waals surface area contributed by atoms with Gasteiger partial charge in [0, 0.05) is 37.4 Å². The van der Waals surface area contributed by atoms with Gasteiger partial charge in [-0.25, -0.2) is 8.42 Å². The van der Waals surface area contributed by atoms with Gasteiger partial charge in [0.05, 0.1) is 9.82 Å². The summed E-state index contributed by atoms with van der Waals surface area (Å²) in [7, 11) is -3.72. The van der Waals surface area contributed by atoms with E-state index < -0.39 is 14.9 Å². The molecule has 0 radical (unpaired) electrons. The van der Waals surface area contributed by atoms with E-state index in [0.717, 1.165) is 25.9 Å². The zero-order valence-corrected chi connectivity index (χ0v) is 14.8. The highest BCUT2D eigenvalue weighted by atomic mass is 32.2. The Hall–Kier alpha value is -1.55. The Labute approximate surface area is 147 Å². The molecule has 0 atom stereocenters. The highest BCUT2D eigenvalue weighted by Crippen LogP contribution is 2.30. The number of sulfonamides is 1. The number of hydrogen-bond donors (Lipinski definition) is 1. The van der Waals surface area contributed by atoms with E-state index in [4.69, 9.17) is 4.74 Å². The first kappa shape index (κ1) is 18.2. The molecular formula is C16H23N3O5S. The molecule has 138 valence electrons. The van der Waals surface area contributed by atoms with Crippen LogP contribution in [0.2, 0.25) is 0 Å². The summed E-state index contributed by atoms with van der Waals surface area (Å²) in [6.07, 6.45) is 2.89. The van der Waals surface area contributed by atoms with Gasteiger partial charge < -0.3 is 10.1 Å². The fraction of sp³-hybridized carbons (Fsp3) is 0.625. The van der Waals surface area contributed by atoms with Crippen LogP contribution in [0.5, 0.6) is 0 Å². The summed E-state index contributed by atoms with van der Waals surface area (Å²) >= 11 is 0. The average molecular weight is 369 g/mol. The smallest absolute Gasteiger partial charge is 0.269 e. The lowest BCUT2D eigenvalue weighted by molar-refractivity contribution is -0.384. The first-order valence-corrected chi connectivity index (χ1v) is 10.0. The Morgan fingerprint density at radius 3 is 2.16 bits per heavy atom. The number of nitrogens with zero attached hydrogens (tertiary/aromatic N) is 2. The number of nitro benzene ring substituents is 1. The molecule has 8 nitrogen and oxygen atoms in total. The SMILES string of the molecule is O=[N+]([O-])c1ccc(S(=O)(=O)N(C2CCNCC2)C2CCOCC2)cc1. The molecule has 1 N–H and O–H groups in total. The zero-order chi connectivity index (χ0) is 17.9. The normalized spacial score (nSPS) is 20.7. The third-order valence-electron chi connectivity index (χ3n) is 4.84. The van der Waals surface area contributed by atoms with Crippen LogP contribution in [-0.4, -0.2) is 56.0 Å². The minimum absolute atomic E-state index is 0.0514. The van der Waals surface area contributed by atoms with Crippen molar-refractivity contribution in [3.05, 3.63) is 34.4 Å². The molecule has 3 rings (SSSR count). The second-order valence-corrected chi connectivity index (χ2v) is 8.25. The molecule has 0 spiro atoms. The summed E-state index contributed by atoms with van der Waals surface area (Å²) in [6, 6.07) is 5.03. The molecule has 2 fully saturated rings. The lowest BCUT2D eigenvalue weighted by atomic mass is 10.0. The van der Waals surface area contributed by atoms with E-state index in [2.05, 4.69) is 5.32 Å². The minimum Gasteiger partial charge on any atom is -0.381 e. The fourth-order valence-electron chi connectivity index (χ4n) is 3.55. The second kappa shape index (κ2) is 7.77. The van der Waals surface area contributed by atoms with Crippen molar-refractivity contribution >= 4 is 15.7 Å². The maximum Gasteiger partial charge on any atom is 0.269 e. The molecule has 25 heavy (non-hydrogen) atoms. The molecule has 2 aliphatic heterocycles. The first-order valence-electron chi connectivity index (χ1n) is 8.56. The Kier molecular flexibility index (Phi) is 5.67. The summed E-state index contributed by atoms with van der Waals surface area (Å²) in [5.74, 6) is 0. The summed E-state index contributed by atoms with van der Waals surface area (Å²) in [5, 5.41) is 14.1. The van der Waals surface area contributed by atoms with Crippen molar-refractivity contribution in [1.82, 2.24) is 9.62 Å². The van der Waals surface area contributed by atoms with E-state index in [9.17, 15) is 18.5 Å². The van der Waals surface area contributed by atoms with Crippen LogP contribution >= 0.6 is 0 Å². The van der Waals surface area contributed by atoms with Gasteiger partial charge in [0.15, 0.2) is 0 Å². The van der Waals surface area contributed by atoms with Crippen molar-refractivity contribution in [3.8, 4) is 0 Å². The van der Waals surface area contributed by atoms with Gasteiger partial charge in [-0.15, -0.1) is 0 Å². The van der Waals surface area contributed by atoms with Gasteiger partial charge in [-0.1, -0.05) is 0 Å². The molecule has 0 bridgehead atoms. The van der Waals surface area contributed by atoms with Crippen LogP contribution in [-0.2, 0) is 14.8 Å². The minimum atomic E-state index is -3.72. The number of nitro groups is 1. The molecule has 2 aliphatic rings. The van der Waals surface area contributed by atoms with Crippen LogP contribution in [0, 0.1) is 10.1 Å². The Balaban J connectivity index is 1.93. The third kappa shape index (κ3) is 4.00. The maximum absolute atomic E-state index is 13.3. The molecule has 2 heterocycles. The van der Waals surface area contributed by atoms with Crippen molar-refractivity contribution in [3.63, 3.8) is 0 Å². The molecule has 1 aromatic rings. The number of hydrogen-bond acceptors (Lipinski definition) is 6. The van der Waals surface area contributed by atoms with Crippen LogP contribution < -0.4 is 5.32 Å². The number of piperidine rings is 1. The van der Waals surface area contributed by atoms with E-state index in [0.29, 0.717) is 26.1 Å². The van der Waals surface area contributed by atoms with E-state index in [1.165, 1.54) is 24.3 Å². The van der Waals surface area contributed by atoms with Crippen molar-refractivity contribution < 1.29 is 18.1 Å². The largest absolute Gasteiger partial charge is 0.381 e.